The van der Waals surface area contributed by atoms with Gasteiger partial charge in [-0.25, -0.2) is 0 Å². The van der Waals surface area contributed by atoms with Crippen LogP contribution in [0, 0.1) is 0 Å². The van der Waals surface area contributed by atoms with Gasteiger partial charge < -0.3 is 15.1 Å². The summed E-state index contributed by atoms with van der Waals surface area (Å²) in [6, 6.07) is 3.88. The third-order valence-corrected chi connectivity index (χ3v) is 3.29. The normalized spacial score (nSPS) is 17.7. The van der Waals surface area contributed by atoms with Crippen LogP contribution in [0.2, 0.25) is 0 Å². The van der Waals surface area contributed by atoms with Crippen molar-refractivity contribution >= 4 is 5.91 Å². The molecule has 1 saturated heterocycles. The Morgan fingerprint density at radius 2 is 2.05 bits per heavy atom. The lowest BCUT2D eigenvalue weighted by atomic mass is 10.0. The van der Waals surface area contributed by atoms with Crippen LogP contribution in [0.3, 0.4) is 0 Å². The van der Waals surface area contributed by atoms with Crippen molar-refractivity contribution in [2.24, 2.45) is 5.73 Å². The molecule has 0 radical (unpaired) electrons. The monoisotopic (exact) mass is 265 g/mol. The standard InChI is InChI=1S/C14H23N3O2/c1-14(2,15)10-13(18)17-7-5-16(6-8-17)11-12-4-3-9-19-12/h3-4,9H,5-8,10-11,15H2,1-2H3. The quantitative estimate of drug-likeness (QED) is 0.884. The van der Waals surface area contributed by atoms with Gasteiger partial charge in [0.1, 0.15) is 5.76 Å². The van der Waals surface area contributed by atoms with Crippen LogP contribution in [-0.4, -0.2) is 47.4 Å². The molecular formula is C14H23N3O2. The van der Waals surface area contributed by atoms with Gasteiger partial charge in [0, 0.05) is 38.1 Å². The molecule has 0 atom stereocenters. The Morgan fingerprint density at radius 3 is 2.58 bits per heavy atom. The number of furan rings is 1. The molecular weight excluding hydrogens is 242 g/mol. The molecule has 0 aromatic carbocycles. The average molecular weight is 265 g/mol. The van der Waals surface area contributed by atoms with Crippen molar-refractivity contribution in [3.05, 3.63) is 24.2 Å². The van der Waals surface area contributed by atoms with Gasteiger partial charge in [-0.05, 0) is 26.0 Å². The van der Waals surface area contributed by atoms with Gasteiger partial charge in [-0.1, -0.05) is 0 Å². The first-order valence-corrected chi connectivity index (χ1v) is 6.75. The number of hydrogen-bond donors (Lipinski definition) is 1. The minimum absolute atomic E-state index is 0.158. The van der Waals surface area contributed by atoms with Gasteiger partial charge >= 0.3 is 0 Å². The van der Waals surface area contributed by atoms with Gasteiger partial charge in [0.05, 0.1) is 12.8 Å². The topological polar surface area (TPSA) is 62.7 Å². The van der Waals surface area contributed by atoms with Crippen LogP contribution in [0.25, 0.3) is 0 Å². The maximum atomic E-state index is 12.0. The van der Waals surface area contributed by atoms with Crippen LogP contribution in [0.4, 0.5) is 0 Å². The van der Waals surface area contributed by atoms with E-state index < -0.39 is 5.54 Å². The molecule has 0 saturated carbocycles. The highest BCUT2D eigenvalue weighted by Crippen LogP contribution is 2.12. The summed E-state index contributed by atoms with van der Waals surface area (Å²) in [6.07, 6.45) is 2.10. The molecule has 1 aliphatic heterocycles. The lowest BCUT2D eigenvalue weighted by Gasteiger charge is -2.35. The van der Waals surface area contributed by atoms with E-state index in [9.17, 15) is 4.79 Å². The van der Waals surface area contributed by atoms with Crippen LogP contribution in [0.1, 0.15) is 26.0 Å². The average Bonchev–Trinajstić information content (AvgIpc) is 2.80. The molecule has 19 heavy (non-hydrogen) atoms. The first-order valence-electron chi connectivity index (χ1n) is 6.75. The number of nitrogens with zero attached hydrogens (tertiary/aromatic N) is 2. The van der Waals surface area contributed by atoms with E-state index in [1.807, 2.05) is 30.9 Å². The lowest BCUT2D eigenvalue weighted by Crippen LogP contribution is -2.50. The number of hydrogen-bond acceptors (Lipinski definition) is 4. The summed E-state index contributed by atoms with van der Waals surface area (Å²) in [6.45, 7) is 7.91. The van der Waals surface area contributed by atoms with Gasteiger partial charge in [0.15, 0.2) is 0 Å². The van der Waals surface area contributed by atoms with E-state index in [4.69, 9.17) is 10.2 Å². The molecule has 2 heterocycles. The number of amides is 1. The number of carbonyl (C=O) groups is 1. The molecule has 1 amide bonds. The summed E-state index contributed by atoms with van der Waals surface area (Å²) in [5, 5.41) is 0. The van der Waals surface area contributed by atoms with Crippen LogP contribution >= 0.6 is 0 Å². The van der Waals surface area contributed by atoms with E-state index in [1.54, 1.807) is 6.26 Å². The fourth-order valence-corrected chi connectivity index (χ4v) is 2.28. The molecule has 5 nitrogen and oxygen atoms in total. The van der Waals surface area contributed by atoms with Crippen molar-refractivity contribution in [2.75, 3.05) is 26.2 Å². The second-order valence-electron chi connectivity index (χ2n) is 5.90. The Labute approximate surface area is 114 Å². The SMILES string of the molecule is CC(C)(N)CC(=O)N1CCN(Cc2ccco2)CC1. The third kappa shape index (κ3) is 4.36. The molecule has 0 spiro atoms. The molecule has 1 aromatic heterocycles. The zero-order valence-corrected chi connectivity index (χ0v) is 11.8. The van der Waals surface area contributed by atoms with Crippen molar-refractivity contribution in [3.63, 3.8) is 0 Å². The Morgan fingerprint density at radius 1 is 1.37 bits per heavy atom. The van der Waals surface area contributed by atoms with Crippen molar-refractivity contribution in [2.45, 2.75) is 32.4 Å². The van der Waals surface area contributed by atoms with Gasteiger partial charge in [0.2, 0.25) is 5.91 Å². The first kappa shape index (κ1) is 14.1. The highest BCUT2D eigenvalue weighted by atomic mass is 16.3. The van der Waals surface area contributed by atoms with E-state index in [0.717, 1.165) is 38.5 Å². The van der Waals surface area contributed by atoms with E-state index in [0.29, 0.717) is 6.42 Å². The molecule has 2 N–H and O–H groups in total. The van der Waals surface area contributed by atoms with Crippen LogP contribution in [0.5, 0.6) is 0 Å². The lowest BCUT2D eigenvalue weighted by molar-refractivity contribution is -0.134. The summed E-state index contributed by atoms with van der Waals surface area (Å²) in [4.78, 5) is 16.3. The van der Waals surface area contributed by atoms with Crippen LogP contribution in [0.15, 0.2) is 22.8 Å². The second kappa shape index (κ2) is 5.75. The summed E-state index contributed by atoms with van der Waals surface area (Å²) in [5.41, 5.74) is 5.46. The molecule has 2 rings (SSSR count). The minimum atomic E-state index is -0.428. The predicted molar refractivity (Wildman–Crippen MR) is 73.4 cm³/mol. The minimum Gasteiger partial charge on any atom is -0.468 e. The molecule has 1 fully saturated rings. The van der Waals surface area contributed by atoms with Crippen molar-refractivity contribution in [1.29, 1.82) is 0 Å². The first-order chi connectivity index (χ1) is 8.94. The van der Waals surface area contributed by atoms with Crippen LogP contribution in [-0.2, 0) is 11.3 Å². The molecule has 5 heteroatoms. The Kier molecular flexibility index (Phi) is 4.27. The molecule has 106 valence electrons. The predicted octanol–water partition coefficient (Wildman–Crippen LogP) is 1.05. The van der Waals surface area contributed by atoms with E-state index in [2.05, 4.69) is 4.90 Å². The Balaban J connectivity index is 1.77. The maximum absolute atomic E-state index is 12.0. The molecule has 0 unspecified atom stereocenters. The van der Waals surface area contributed by atoms with Gasteiger partial charge in [-0.2, -0.15) is 0 Å². The Bertz CT molecular complexity index is 401. The van der Waals surface area contributed by atoms with E-state index >= 15 is 0 Å². The van der Waals surface area contributed by atoms with Gasteiger partial charge in [0.25, 0.3) is 0 Å². The summed E-state index contributed by atoms with van der Waals surface area (Å²) < 4.78 is 5.34. The molecule has 1 aliphatic rings. The zero-order chi connectivity index (χ0) is 13.9. The van der Waals surface area contributed by atoms with Gasteiger partial charge in [-0.3, -0.25) is 9.69 Å². The summed E-state index contributed by atoms with van der Waals surface area (Å²) >= 11 is 0. The van der Waals surface area contributed by atoms with Crippen LogP contribution < -0.4 is 5.73 Å². The number of piperazine rings is 1. The highest BCUT2D eigenvalue weighted by molar-refractivity contribution is 5.77. The summed E-state index contributed by atoms with van der Waals surface area (Å²) in [5.74, 6) is 1.13. The number of nitrogens with two attached hydrogens (primary N) is 1. The third-order valence-electron chi connectivity index (χ3n) is 3.29. The summed E-state index contributed by atoms with van der Waals surface area (Å²) in [7, 11) is 0. The number of rotatable bonds is 4. The van der Waals surface area contributed by atoms with Gasteiger partial charge in [-0.15, -0.1) is 0 Å². The zero-order valence-electron chi connectivity index (χ0n) is 11.8. The number of carbonyl (C=O) groups excluding carboxylic acids is 1. The van der Waals surface area contributed by atoms with Crippen molar-refractivity contribution in [1.82, 2.24) is 9.80 Å². The smallest absolute Gasteiger partial charge is 0.224 e. The van der Waals surface area contributed by atoms with E-state index in [-0.39, 0.29) is 5.91 Å². The molecule has 0 bridgehead atoms. The van der Waals surface area contributed by atoms with Crippen molar-refractivity contribution < 1.29 is 9.21 Å². The fourth-order valence-electron chi connectivity index (χ4n) is 2.28. The maximum Gasteiger partial charge on any atom is 0.224 e. The highest BCUT2D eigenvalue weighted by Gasteiger charge is 2.25. The van der Waals surface area contributed by atoms with Crippen molar-refractivity contribution in [3.8, 4) is 0 Å². The van der Waals surface area contributed by atoms with E-state index in [1.165, 1.54) is 0 Å². The largest absolute Gasteiger partial charge is 0.468 e. The molecule has 1 aromatic rings. The second-order valence-corrected chi connectivity index (χ2v) is 5.90. The Hall–Kier alpha value is -1.33. The fraction of sp³-hybridized carbons (Fsp3) is 0.643. The molecule has 0 aliphatic carbocycles.